The van der Waals surface area contributed by atoms with E-state index in [-0.39, 0.29) is 17.6 Å². The number of anilines is 2. The predicted molar refractivity (Wildman–Crippen MR) is 117 cm³/mol. The van der Waals surface area contributed by atoms with Crippen LogP contribution in [0.25, 0.3) is 10.2 Å². The van der Waals surface area contributed by atoms with Gasteiger partial charge in [0.2, 0.25) is 5.91 Å². The van der Waals surface area contributed by atoms with Crippen LogP contribution in [0.15, 0.2) is 30.6 Å². The minimum Gasteiger partial charge on any atom is -0.356 e. The van der Waals surface area contributed by atoms with Gasteiger partial charge in [-0.2, -0.15) is 0 Å². The minimum absolute atomic E-state index is 0.0197. The zero-order valence-electron chi connectivity index (χ0n) is 16.9. The zero-order valence-corrected chi connectivity index (χ0v) is 17.7. The number of ketones is 1. The van der Waals surface area contributed by atoms with E-state index in [1.807, 2.05) is 12.1 Å². The predicted octanol–water partition coefficient (Wildman–Crippen LogP) is 4.37. The summed E-state index contributed by atoms with van der Waals surface area (Å²) in [6.45, 7) is 7.29. The molecule has 0 saturated carbocycles. The quantitative estimate of drug-likeness (QED) is 0.649. The highest BCUT2D eigenvalue weighted by molar-refractivity contribution is 7.18. The van der Waals surface area contributed by atoms with Crippen molar-refractivity contribution in [2.24, 2.45) is 5.92 Å². The van der Waals surface area contributed by atoms with Crippen molar-refractivity contribution in [1.82, 2.24) is 9.97 Å². The van der Waals surface area contributed by atoms with Crippen molar-refractivity contribution in [3.8, 4) is 0 Å². The van der Waals surface area contributed by atoms with Crippen molar-refractivity contribution in [3.05, 3.63) is 46.6 Å². The number of hydrogen-bond donors (Lipinski definition) is 1. The summed E-state index contributed by atoms with van der Waals surface area (Å²) >= 11 is 1.70. The monoisotopic (exact) mass is 408 g/mol. The van der Waals surface area contributed by atoms with Gasteiger partial charge in [0, 0.05) is 29.4 Å². The number of carbonyl (C=O) groups excluding carboxylic acids is 2. The van der Waals surface area contributed by atoms with Crippen molar-refractivity contribution < 1.29 is 9.59 Å². The normalized spacial score (nSPS) is 14.9. The Hall–Kier alpha value is -2.80. The topological polar surface area (TPSA) is 75.2 Å². The number of nitrogens with zero attached hydrogens (tertiary/aromatic N) is 3. The molecular weight excluding hydrogens is 384 g/mol. The molecule has 2 aromatic heterocycles. The molecule has 6 nitrogen and oxygen atoms in total. The second kappa shape index (κ2) is 7.91. The van der Waals surface area contributed by atoms with Crippen LogP contribution in [0.5, 0.6) is 0 Å². The van der Waals surface area contributed by atoms with Crippen LogP contribution in [0.4, 0.5) is 11.5 Å². The maximum Gasteiger partial charge on any atom is 0.227 e. The molecule has 1 fully saturated rings. The molecule has 150 valence electrons. The summed E-state index contributed by atoms with van der Waals surface area (Å²) in [6, 6.07) is 7.16. The fourth-order valence-corrected chi connectivity index (χ4v) is 4.88. The SMILES string of the molecule is CC(=O)c1ccccc1NC(=O)C1CCN(c2ncnc3sc(C)c(C)c23)CC1. The van der Waals surface area contributed by atoms with Gasteiger partial charge in [0.15, 0.2) is 5.78 Å². The van der Waals surface area contributed by atoms with Crippen LogP contribution < -0.4 is 10.2 Å². The van der Waals surface area contributed by atoms with Gasteiger partial charge in [-0.05, 0) is 51.3 Å². The summed E-state index contributed by atoms with van der Waals surface area (Å²) in [6.07, 6.45) is 3.13. The van der Waals surface area contributed by atoms with Gasteiger partial charge in [-0.3, -0.25) is 9.59 Å². The van der Waals surface area contributed by atoms with Crippen LogP contribution in [-0.2, 0) is 4.79 Å². The standard InChI is InChI=1S/C22H24N4O2S/c1-13-15(3)29-22-19(13)20(23-12-24-22)26-10-8-16(9-11-26)21(28)25-18-7-5-4-6-17(18)14(2)27/h4-7,12,16H,8-11H2,1-3H3,(H,25,28). The Bertz CT molecular complexity index is 1080. The van der Waals surface area contributed by atoms with E-state index in [9.17, 15) is 9.59 Å². The molecule has 7 heteroatoms. The maximum absolute atomic E-state index is 12.8. The molecule has 0 unspecified atom stereocenters. The van der Waals surface area contributed by atoms with Crippen LogP contribution in [-0.4, -0.2) is 34.7 Å². The molecule has 0 radical (unpaired) electrons. The smallest absolute Gasteiger partial charge is 0.227 e. The van der Waals surface area contributed by atoms with Crippen LogP contribution >= 0.6 is 11.3 Å². The van der Waals surface area contributed by atoms with Crippen molar-refractivity contribution in [2.75, 3.05) is 23.3 Å². The first kappa shape index (κ1) is 19.5. The number of aryl methyl sites for hydroxylation is 2. The molecule has 1 amide bonds. The Morgan fingerprint density at radius 2 is 1.86 bits per heavy atom. The summed E-state index contributed by atoms with van der Waals surface area (Å²) in [5, 5.41) is 4.09. The van der Waals surface area contributed by atoms with E-state index in [0.29, 0.717) is 11.3 Å². The van der Waals surface area contributed by atoms with Gasteiger partial charge in [-0.25, -0.2) is 9.97 Å². The molecule has 0 bridgehead atoms. The average molecular weight is 409 g/mol. The van der Waals surface area contributed by atoms with E-state index in [4.69, 9.17) is 0 Å². The number of piperidine rings is 1. The number of rotatable bonds is 4. The third-order valence-electron chi connectivity index (χ3n) is 5.67. The molecule has 0 atom stereocenters. The van der Waals surface area contributed by atoms with Crippen molar-refractivity contribution >= 4 is 44.7 Å². The molecule has 0 spiro atoms. The zero-order chi connectivity index (χ0) is 20.5. The van der Waals surface area contributed by atoms with Crippen LogP contribution in [0.3, 0.4) is 0 Å². The van der Waals surface area contributed by atoms with E-state index in [1.165, 1.54) is 17.4 Å². The van der Waals surface area contributed by atoms with E-state index < -0.39 is 0 Å². The highest BCUT2D eigenvalue weighted by atomic mass is 32.1. The molecule has 1 aliphatic rings. The number of carbonyl (C=O) groups is 2. The lowest BCUT2D eigenvalue weighted by molar-refractivity contribution is -0.120. The Morgan fingerprint density at radius 1 is 1.14 bits per heavy atom. The number of hydrogen-bond acceptors (Lipinski definition) is 6. The molecule has 0 aliphatic carbocycles. The van der Waals surface area contributed by atoms with Gasteiger partial charge in [-0.15, -0.1) is 11.3 Å². The van der Waals surface area contributed by atoms with Gasteiger partial charge in [0.1, 0.15) is 17.0 Å². The number of Topliss-reactive ketones (excluding diaryl/α,β-unsaturated/α-hetero) is 1. The van der Waals surface area contributed by atoms with E-state index in [0.717, 1.165) is 42.0 Å². The number of aromatic nitrogens is 2. The highest BCUT2D eigenvalue weighted by Crippen LogP contribution is 2.35. The van der Waals surface area contributed by atoms with Crippen LogP contribution in [0, 0.1) is 19.8 Å². The van der Waals surface area contributed by atoms with Gasteiger partial charge in [0.05, 0.1) is 11.1 Å². The van der Waals surface area contributed by atoms with Crippen LogP contribution in [0.2, 0.25) is 0 Å². The Balaban J connectivity index is 1.47. The number of para-hydroxylation sites is 1. The molecule has 29 heavy (non-hydrogen) atoms. The summed E-state index contributed by atoms with van der Waals surface area (Å²) in [7, 11) is 0. The Labute approximate surface area is 174 Å². The first-order valence-corrected chi connectivity index (χ1v) is 10.6. The lowest BCUT2D eigenvalue weighted by Crippen LogP contribution is -2.38. The first-order chi connectivity index (χ1) is 14.0. The second-order valence-corrected chi connectivity index (χ2v) is 8.72. The third-order valence-corrected chi connectivity index (χ3v) is 6.79. The largest absolute Gasteiger partial charge is 0.356 e. The molecule has 4 rings (SSSR count). The van der Waals surface area contributed by atoms with Crippen LogP contribution in [0.1, 0.15) is 40.6 Å². The van der Waals surface area contributed by atoms with Gasteiger partial charge in [-0.1, -0.05) is 12.1 Å². The summed E-state index contributed by atoms with van der Waals surface area (Å²) in [5.74, 6) is 0.824. The summed E-state index contributed by atoms with van der Waals surface area (Å²) < 4.78 is 0. The molecule has 3 aromatic rings. The number of benzene rings is 1. The number of nitrogens with one attached hydrogen (secondary N) is 1. The lowest BCUT2D eigenvalue weighted by Gasteiger charge is -2.32. The van der Waals surface area contributed by atoms with Gasteiger partial charge in [0.25, 0.3) is 0 Å². The number of thiophene rings is 1. The molecular formula is C22H24N4O2S. The highest BCUT2D eigenvalue weighted by Gasteiger charge is 2.28. The molecule has 1 aromatic carbocycles. The Morgan fingerprint density at radius 3 is 2.59 bits per heavy atom. The number of fused-ring (bicyclic) bond motifs is 1. The molecule has 3 heterocycles. The van der Waals surface area contributed by atoms with Crippen molar-refractivity contribution in [1.29, 1.82) is 0 Å². The van der Waals surface area contributed by atoms with Crippen molar-refractivity contribution in [3.63, 3.8) is 0 Å². The first-order valence-electron chi connectivity index (χ1n) is 9.82. The van der Waals surface area contributed by atoms with Crippen molar-refractivity contribution in [2.45, 2.75) is 33.6 Å². The van der Waals surface area contributed by atoms with Gasteiger partial charge >= 0.3 is 0 Å². The number of amides is 1. The minimum atomic E-state index is -0.0751. The summed E-state index contributed by atoms with van der Waals surface area (Å²) in [5.41, 5.74) is 2.38. The second-order valence-electron chi connectivity index (χ2n) is 7.51. The maximum atomic E-state index is 12.8. The third kappa shape index (κ3) is 3.74. The van der Waals surface area contributed by atoms with E-state index in [2.05, 4.69) is 34.0 Å². The molecule has 1 aliphatic heterocycles. The van der Waals surface area contributed by atoms with Gasteiger partial charge < -0.3 is 10.2 Å². The fraction of sp³-hybridized carbons (Fsp3) is 0.364. The van der Waals surface area contributed by atoms with E-state index in [1.54, 1.807) is 29.8 Å². The Kier molecular flexibility index (Phi) is 5.32. The average Bonchev–Trinajstić information content (AvgIpc) is 3.02. The molecule has 1 N–H and O–H groups in total. The fourth-order valence-electron chi connectivity index (χ4n) is 3.89. The lowest BCUT2D eigenvalue weighted by atomic mass is 9.95. The molecule has 1 saturated heterocycles. The van der Waals surface area contributed by atoms with E-state index >= 15 is 0 Å². The summed E-state index contributed by atoms with van der Waals surface area (Å²) in [4.78, 5) is 38.1.